The second-order valence-electron chi connectivity index (χ2n) is 17.7. The Morgan fingerprint density at radius 3 is 1.25 bits per heavy atom. The van der Waals surface area contributed by atoms with E-state index in [0.29, 0.717) is 0 Å². The van der Waals surface area contributed by atoms with Gasteiger partial charge >= 0.3 is 0 Å². The standard InChI is InChI=1S/C63H45N/c1-63(2)60-39-48(46-31-29-45(30-32-46)44-27-25-43(26-28-44)42-15-5-3-6-16-42)33-36-57(60)58-38-35-50(41-61(58)63)64(62-24-14-13-19-51(62)47-17-7-4-8-18-47)49-34-37-56-54-22-10-9-20-52(54)53-21-11-12-23-55(53)59(56)40-49/h3-41H,1-2H3. The number of fused-ring (bicyclic) bond motifs is 9. The van der Waals surface area contributed by atoms with E-state index in [4.69, 9.17) is 0 Å². The minimum atomic E-state index is -0.222. The second-order valence-corrected chi connectivity index (χ2v) is 17.7. The van der Waals surface area contributed by atoms with Crippen molar-refractivity contribution in [1.29, 1.82) is 0 Å². The van der Waals surface area contributed by atoms with Crippen molar-refractivity contribution in [2.24, 2.45) is 0 Å². The molecule has 0 heterocycles. The molecule has 0 saturated heterocycles. The van der Waals surface area contributed by atoms with Crippen LogP contribution >= 0.6 is 0 Å². The summed E-state index contributed by atoms with van der Waals surface area (Å²) in [7, 11) is 0. The average Bonchev–Trinajstić information content (AvgIpc) is 3.59. The van der Waals surface area contributed by atoms with Gasteiger partial charge in [0.2, 0.25) is 0 Å². The van der Waals surface area contributed by atoms with Crippen LogP contribution in [0.1, 0.15) is 25.0 Å². The molecule has 0 aliphatic heterocycles. The lowest BCUT2D eigenvalue weighted by Crippen LogP contribution is -2.17. The molecule has 1 nitrogen and oxygen atoms in total. The van der Waals surface area contributed by atoms with Gasteiger partial charge in [0.05, 0.1) is 5.69 Å². The highest BCUT2D eigenvalue weighted by atomic mass is 15.1. The SMILES string of the molecule is CC1(C)c2cc(-c3ccc(-c4ccc(-c5ccccc5)cc4)cc3)ccc2-c2ccc(N(c3ccc4c5ccccc5c5ccccc5c4c3)c3ccccc3-c3ccccc3)cc21. The molecule has 0 bridgehead atoms. The molecule has 0 fully saturated rings. The first-order valence-electron chi connectivity index (χ1n) is 22.3. The minimum Gasteiger partial charge on any atom is -0.310 e. The van der Waals surface area contributed by atoms with Crippen LogP contribution in [0.2, 0.25) is 0 Å². The Bertz CT molecular complexity index is 3510. The van der Waals surface area contributed by atoms with E-state index in [1.807, 2.05) is 0 Å². The predicted molar refractivity (Wildman–Crippen MR) is 273 cm³/mol. The van der Waals surface area contributed by atoms with E-state index in [-0.39, 0.29) is 5.41 Å². The third-order valence-corrected chi connectivity index (χ3v) is 13.7. The van der Waals surface area contributed by atoms with Crippen LogP contribution < -0.4 is 4.90 Å². The fraction of sp³-hybridized carbons (Fsp3) is 0.0476. The molecule has 0 radical (unpaired) electrons. The zero-order valence-corrected chi connectivity index (χ0v) is 36.0. The fourth-order valence-corrected chi connectivity index (χ4v) is 10.4. The Labute approximate surface area is 375 Å². The minimum absolute atomic E-state index is 0.222. The van der Waals surface area contributed by atoms with Gasteiger partial charge in [0.25, 0.3) is 0 Å². The Balaban J connectivity index is 0.946. The van der Waals surface area contributed by atoms with Gasteiger partial charge in [-0.05, 0) is 130 Å². The zero-order valence-electron chi connectivity index (χ0n) is 36.0. The summed E-state index contributed by atoms with van der Waals surface area (Å²) >= 11 is 0. The van der Waals surface area contributed by atoms with Crippen molar-refractivity contribution >= 4 is 49.4 Å². The van der Waals surface area contributed by atoms with E-state index >= 15 is 0 Å². The van der Waals surface area contributed by atoms with Gasteiger partial charge in [0.1, 0.15) is 0 Å². The first kappa shape index (κ1) is 37.7. The Morgan fingerprint density at radius 1 is 0.266 bits per heavy atom. The van der Waals surface area contributed by atoms with Crippen LogP contribution in [0.4, 0.5) is 17.1 Å². The van der Waals surface area contributed by atoms with E-state index in [1.165, 1.54) is 99.1 Å². The van der Waals surface area contributed by atoms with Crippen molar-refractivity contribution in [2.45, 2.75) is 19.3 Å². The maximum Gasteiger partial charge on any atom is 0.0540 e. The number of para-hydroxylation sites is 1. The summed E-state index contributed by atoms with van der Waals surface area (Å²) in [6.07, 6.45) is 0. The third-order valence-electron chi connectivity index (χ3n) is 13.7. The summed E-state index contributed by atoms with van der Waals surface area (Å²) < 4.78 is 0. The number of rotatable bonds is 7. The lowest BCUT2D eigenvalue weighted by atomic mass is 9.81. The van der Waals surface area contributed by atoms with Crippen LogP contribution in [0, 0.1) is 0 Å². The number of hydrogen-bond acceptors (Lipinski definition) is 1. The molecule has 302 valence electrons. The van der Waals surface area contributed by atoms with Crippen LogP contribution in [-0.2, 0) is 5.41 Å². The van der Waals surface area contributed by atoms with Gasteiger partial charge in [-0.25, -0.2) is 0 Å². The number of hydrogen-bond donors (Lipinski definition) is 0. The van der Waals surface area contributed by atoms with Crippen molar-refractivity contribution in [3.05, 3.63) is 248 Å². The maximum absolute atomic E-state index is 2.48. The molecule has 12 rings (SSSR count). The molecule has 0 spiro atoms. The summed E-state index contributed by atoms with van der Waals surface area (Å²) in [6, 6.07) is 87.1. The summed E-state index contributed by atoms with van der Waals surface area (Å²) in [5.74, 6) is 0. The van der Waals surface area contributed by atoms with E-state index in [2.05, 4.69) is 255 Å². The third kappa shape index (κ3) is 6.23. The molecule has 0 amide bonds. The Morgan fingerprint density at radius 2 is 0.656 bits per heavy atom. The average molecular weight is 816 g/mol. The monoisotopic (exact) mass is 815 g/mol. The van der Waals surface area contributed by atoms with Gasteiger partial charge in [0.15, 0.2) is 0 Å². The molecule has 11 aromatic carbocycles. The molecule has 0 N–H and O–H groups in total. The lowest BCUT2D eigenvalue weighted by molar-refractivity contribution is 0.660. The Hall–Kier alpha value is -8.00. The van der Waals surface area contributed by atoms with Crippen LogP contribution in [-0.4, -0.2) is 0 Å². The number of benzene rings is 11. The van der Waals surface area contributed by atoms with Gasteiger partial charge in [-0.3, -0.25) is 0 Å². The van der Waals surface area contributed by atoms with E-state index < -0.39 is 0 Å². The first-order chi connectivity index (χ1) is 31.5. The lowest BCUT2D eigenvalue weighted by Gasteiger charge is -2.30. The van der Waals surface area contributed by atoms with Gasteiger partial charge in [-0.2, -0.15) is 0 Å². The molecular weight excluding hydrogens is 771 g/mol. The predicted octanol–water partition coefficient (Wildman–Crippen LogP) is 17.6. The molecule has 1 aliphatic rings. The maximum atomic E-state index is 2.48. The van der Waals surface area contributed by atoms with Gasteiger partial charge in [-0.1, -0.05) is 214 Å². The molecule has 0 unspecified atom stereocenters. The summed E-state index contributed by atoms with van der Waals surface area (Å²) in [6.45, 7) is 4.78. The van der Waals surface area contributed by atoms with Crippen molar-refractivity contribution in [3.63, 3.8) is 0 Å². The smallest absolute Gasteiger partial charge is 0.0540 e. The first-order valence-corrected chi connectivity index (χ1v) is 22.3. The Kier molecular flexibility index (Phi) is 8.91. The van der Waals surface area contributed by atoms with E-state index in [0.717, 1.165) is 17.1 Å². The fourth-order valence-electron chi connectivity index (χ4n) is 10.4. The normalized spacial score (nSPS) is 12.7. The molecule has 1 aliphatic carbocycles. The molecule has 0 aromatic heterocycles. The molecule has 0 saturated carbocycles. The van der Waals surface area contributed by atoms with Crippen molar-refractivity contribution in [3.8, 4) is 55.6 Å². The van der Waals surface area contributed by atoms with Gasteiger partial charge in [0, 0.05) is 22.4 Å². The summed E-state index contributed by atoms with van der Waals surface area (Å²) in [5.41, 5.74) is 18.2. The number of anilines is 3. The highest BCUT2D eigenvalue weighted by molar-refractivity contribution is 6.25. The van der Waals surface area contributed by atoms with E-state index in [1.54, 1.807) is 0 Å². The number of nitrogens with zero attached hydrogens (tertiary/aromatic N) is 1. The van der Waals surface area contributed by atoms with Crippen LogP contribution in [0.25, 0.3) is 88.0 Å². The molecule has 64 heavy (non-hydrogen) atoms. The highest BCUT2D eigenvalue weighted by Gasteiger charge is 2.36. The summed E-state index contributed by atoms with van der Waals surface area (Å²) in [5, 5.41) is 7.63. The van der Waals surface area contributed by atoms with Crippen molar-refractivity contribution in [2.75, 3.05) is 4.90 Å². The largest absolute Gasteiger partial charge is 0.310 e. The highest BCUT2D eigenvalue weighted by Crippen LogP contribution is 2.52. The van der Waals surface area contributed by atoms with Crippen LogP contribution in [0.15, 0.2) is 237 Å². The van der Waals surface area contributed by atoms with Gasteiger partial charge in [-0.15, -0.1) is 0 Å². The molecule has 1 heteroatoms. The van der Waals surface area contributed by atoms with Crippen LogP contribution in [0.5, 0.6) is 0 Å². The quantitative estimate of drug-likeness (QED) is 0.145. The molecule has 0 atom stereocenters. The second kappa shape index (κ2) is 15.1. The van der Waals surface area contributed by atoms with Crippen LogP contribution in [0.3, 0.4) is 0 Å². The topological polar surface area (TPSA) is 3.24 Å². The zero-order chi connectivity index (χ0) is 42.8. The molecule has 11 aromatic rings. The van der Waals surface area contributed by atoms with Crippen molar-refractivity contribution < 1.29 is 0 Å². The summed E-state index contributed by atoms with van der Waals surface area (Å²) in [4.78, 5) is 2.48. The van der Waals surface area contributed by atoms with Gasteiger partial charge < -0.3 is 4.90 Å². The van der Waals surface area contributed by atoms with Crippen molar-refractivity contribution in [1.82, 2.24) is 0 Å². The molecular formula is C63H45N. The van der Waals surface area contributed by atoms with E-state index in [9.17, 15) is 0 Å².